The highest BCUT2D eigenvalue weighted by molar-refractivity contribution is 6.01. The van der Waals surface area contributed by atoms with Crippen LogP contribution in [0.15, 0.2) is 54.6 Å². The van der Waals surface area contributed by atoms with E-state index >= 15 is 0 Å². The highest BCUT2D eigenvalue weighted by Gasteiger charge is 2.27. The van der Waals surface area contributed by atoms with Crippen LogP contribution in [0.1, 0.15) is 49.3 Å². The van der Waals surface area contributed by atoms with Gasteiger partial charge in [-0.1, -0.05) is 30.3 Å². The summed E-state index contributed by atoms with van der Waals surface area (Å²) in [6.07, 6.45) is 0.663. The van der Waals surface area contributed by atoms with E-state index in [9.17, 15) is 4.79 Å². The molecule has 140 valence electrons. The van der Waals surface area contributed by atoms with Gasteiger partial charge in [-0.05, 0) is 57.5 Å². The van der Waals surface area contributed by atoms with E-state index in [1.54, 1.807) is 14.0 Å². The number of rotatable bonds is 5. The lowest BCUT2D eigenvalue weighted by atomic mass is 9.98. The molecule has 0 fully saturated rings. The van der Waals surface area contributed by atoms with Gasteiger partial charge in [0, 0.05) is 12.0 Å². The summed E-state index contributed by atoms with van der Waals surface area (Å²) >= 11 is 0. The van der Waals surface area contributed by atoms with Gasteiger partial charge in [0.1, 0.15) is 11.4 Å². The van der Waals surface area contributed by atoms with Crippen molar-refractivity contribution in [1.29, 1.82) is 0 Å². The van der Waals surface area contributed by atoms with Crippen LogP contribution in [-0.2, 0) is 12.0 Å². The van der Waals surface area contributed by atoms with E-state index in [4.69, 9.17) is 9.84 Å². The van der Waals surface area contributed by atoms with Crippen molar-refractivity contribution in [2.45, 2.75) is 39.7 Å². The fourth-order valence-electron chi connectivity index (χ4n) is 3.28. The van der Waals surface area contributed by atoms with Gasteiger partial charge < -0.3 is 4.74 Å². The third-order valence-corrected chi connectivity index (χ3v) is 4.55. The van der Waals surface area contributed by atoms with Crippen LogP contribution in [0, 0.1) is 0 Å². The highest BCUT2D eigenvalue weighted by atomic mass is 16.5. The Hall–Kier alpha value is -2.88. The number of methoxy groups -OCH3 is 1. The van der Waals surface area contributed by atoms with Crippen molar-refractivity contribution in [2.24, 2.45) is 0 Å². The molecule has 0 saturated heterocycles. The van der Waals surface area contributed by atoms with Crippen molar-refractivity contribution < 1.29 is 9.53 Å². The average Bonchev–Trinajstić information content (AvgIpc) is 3.02. The van der Waals surface area contributed by atoms with Crippen LogP contribution in [0.5, 0.6) is 5.75 Å². The van der Waals surface area contributed by atoms with Crippen LogP contribution >= 0.6 is 0 Å². The number of carbonyl (C=O) groups excluding carboxylic acids is 1. The maximum Gasteiger partial charge on any atom is 0.163 e. The number of hydrogen-bond acceptors (Lipinski definition) is 3. The maximum absolute atomic E-state index is 12.6. The molecule has 1 aromatic heterocycles. The first kappa shape index (κ1) is 18.9. The Balaban J connectivity index is 2.20. The summed E-state index contributed by atoms with van der Waals surface area (Å²) < 4.78 is 7.25. The van der Waals surface area contributed by atoms with Gasteiger partial charge in [0.25, 0.3) is 0 Å². The molecule has 0 aliphatic carbocycles. The summed E-state index contributed by atoms with van der Waals surface area (Å²) in [6, 6.07) is 17.9. The van der Waals surface area contributed by atoms with Gasteiger partial charge in [-0.2, -0.15) is 5.10 Å². The van der Waals surface area contributed by atoms with Crippen molar-refractivity contribution in [3.8, 4) is 17.0 Å². The van der Waals surface area contributed by atoms with E-state index in [0.29, 0.717) is 12.0 Å². The Morgan fingerprint density at radius 2 is 1.67 bits per heavy atom. The van der Waals surface area contributed by atoms with E-state index in [2.05, 4.69) is 32.9 Å². The van der Waals surface area contributed by atoms with Crippen molar-refractivity contribution >= 4 is 5.78 Å². The molecule has 0 bridgehead atoms. The summed E-state index contributed by atoms with van der Waals surface area (Å²) in [5, 5.41) is 4.88. The van der Waals surface area contributed by atoms with Crippen LogP contribution in [0.2, 0.25) is 0 Å². The van der Waals surface area contributed by atoms with Gasteiger partial charge in [-0.25, -0.2) is 0 Å². The van der Waals surface area contributed by atoms with Gasteiger partial charge in [0.2, 0.25) is 0 Å². The molecule has 0 aliphatic rings. The monoisotopic (exact) mass is 362 g/mol. The summed E-state index contributed by atoms with van der Waals surface area (Å²) in [6.45, 7) is 7.94. The lowest BCUT2D eigenvalue weighted by Crippen LogP contribution is -2.26. The molecule has 0 spiro atoms. The molecular weight excluding hydrogens is 336 g/mol. The number of nitrogens with zero attached hydrogens (tertiary/aromatic N) is 2. The van der Waals surface area contributed by atoms with Gasteiger partial charge in [-0.3, -0.25) is 9.48 Å². The molecule has 0 radical (unpaired) electrons. The molecule has 0 unspecified atom stereocenters. The largest absolute Gasteiger partial charge is 0.497 e. The number of carbonyl (C=O) groups is 1. The first-order valence-corrected chi connectivity index (χ1v) is 9.13. The Labute approximate surface area is 160 Å². The normalized spacial score (nSPS) is 11.4. The molecule has 1 heterocycles. The molecule has 3 rings (SSSR count). The molecule has 4 heteroatoms. The standard InChI is InChI=1S/C23H26N2O2/c1-16(26)21-20(15-17-9-7-6-8-10-17)25(23(2,3)4)24-22(21)18-11-13-19(27-5)14-12-18/h6-14H,15H2,1-5H3. The number of hydrogen-bond donors (Lipinski definition) is 0. The smallest absolute Gasteiger partial charge is 0.163 e. The average molecular weight is 362 g/mol. The predicted molar refractivity (Wildman–Crippen MR) is 108 cm³/mol. The quantitative estimate of drug-likeness (QED) is 0.593. The van der Waals surface area contributed by atoms with E-state index < -0.39 is 0 Å². The third-order valence-electron chi connectivity index (χ3n) is 4.55. The van der Waals surface area contributed by atoms with Gasteiger partial charge in [0.15, 0.2) is 5.78 Å². The van der Waals surface area contributed by atoms with Crippen molar-refractivity contribution in [2.75, 3.05) is 7.11 Å². The molecule has 27 heavy (non-hydrogen) atoms. The molecule has 2 aromatic carbocycles. The molecule has 0 atom stereocenters. The second-order valence-electron chi connectivity index (χ2n) is 7.70. The first-order chi connectivity index (χ1) is 12.8. The third kappa shape index (κ3) is 3.95. The first-order valence-electron chi connectivity index (χ1n) is 9.13. The van der Waals surface area contributed by atoms with Crippen molar-refractivity contribution in [3.05, 3.63) is 71.4 Å². The zero-order chi connectivity index (χ0) is 19.6. The number of ether oxygens (including phenoxy) is 1. The summed E-state index contributed by atoms with van der Waals surface area (Å²) in [7, 11) is 1.64. The second kappa shape index (κ2) is 7.39. The summed E-state index contributed by atoms with van der Waals surface area (Å²) in [5.74, 6) is 0.810. The molecule has 0 aliphatic heterocycles. The molecule has 0 amide bonds. The zero-order valence-electron chi connectivity index (χ0n) is 16.6. The lowest BCUT2D eigenvalue weighted by molar-refractivity contribution is 0.101. The Morgan fingerprint density at radius 3 is 2.19 bits per heavy atom. The second-order valence-corrected chi connectivity index (χ2v) is 7.70. The van der Waals surface area contributed by atoms with E-state index in [0.717, 1.165) is 28.3 Å². The van der Waals surface area contributed by atoms with Crippen molar-refractivity contribution in [3.63, 3.8) is 0 Å². The van der Waals surface area contributed by atoms with Crippen LogP contribution in [0.3, 0.4) is 0 Å². The maximum atomic E-state index is 12.6. The fraction of sp³-hybridized carbons (Fsp3) is 0.304. The number of benzene rings is 2. The molecular formula is C23H26N2O2. The van der Waals surface area contributed by atoms with E-state index in [1.165, 1.54) is 0 Å². The van der Waals surface area contributed by atoms with Crippen molar-refractivity contribution in [1.82, 2.24) is 9.78 Å². The topological polar surface area (TPSA) is 44.1 Å². The minimum atomic E-state index is -0.237. The van der Waals surface area contributed by atoms with Crippen LogP contribution in [0.4, 0.5) is 0 Å². The summed E-state index contributed by atoms with van der Waals surface area (Å²) in [5.41, 5.74) is 4.21. The highest BCUT2D eigenvalue weighted by Crippen LogP contribution is 2.32. The number of Topliss-reactive ketones (excluding diaryl/α,β-unsaturated/α-hetero) is 1. The lowest BCUT2D eigenvalue weighted by Gasteiger charge is -2.23. The zero-order valence-corrected chi connectivity index (χ0v) is 16.6. The fourth-order valence-corrected chi connectivity index (χ4v) is 3.28. The predicted octanol–water partition coefficient (Wildman–Crippen LogP) is 5.11. The van der Waals surface area contributed by atoms with Crippen LogP contribution < -0.4 is 4.74 Å². The molecule has 4 nitrogen and oxygen atoms in total. The van der Waals surface area contributed by atoms with Crippen LogP contribution in [0.25, 0.3) is 11.3 Å². The van der Waals surface area contributed by atoms with Gasteiger partial charge in [-0.15, -0.1) is 0 Å². The van der Waals surface area contributed by atoms with Gasteiger partial charge in [0.05, 0.1) is 23.9 Å². The number of ketones is 1. The Bertz CT molecular complexity index is 933. The SMILES string of the molecule is COc1ccc(-c2nn(C(C)(C)C)c(Cc3ccccc3)c2C(C)=O)cc1. The Morgan fingerprint density at radius 1 is 1.04 bits per heavy atom. The Kier molecular flexibility index (Phi) is 5.17. The molecule has 0 saturated carbocycles. The minimum absolute atomic E-state index is 0.0299. The molecule has 3 aromatic rings. The van der Waals surface area contributed by atoms with Crippen LogP contribution in [-0.4, -0.2) is 22.7 Å². The number of aromatic nitrogens is 2. The minimum Gasteiger partial charge on any atom is -0.497 e. The van der Waals surface area contributed by atoms with Gasteiger partial charge >= 0.3 is 0 Å². The van der Waals surface area contributed by atoms with E-state index in [1.807, 2.05) is 47.1 Å². The molecule has 0 N–H and O–H groups in total. The summed E-state index contributed by atoms with van der Waals surface area (Å²) in [4.78, 5) is 12.6. The van der Waals surface area contributed by atoms with E-state index in [-0.39, 0.29) is 11.3 Å².